The number of fused-ring (bicyclic) bond motifs is 2. The van der Waals surface area contributed by atoms with Crippen molar-refractivity contribution in [3.05, 3.63) is 114 Å². The van der Waals surface area contributed by atoms with Crippen LogP contribution in [0.2, 0.25) is 0 Å². The number of benzene rings is 4. The molecule has 3 aromatic heterocycles. The minimum Gasteiger partial charge on any atom is -0.494 e. The van der Waals surface area contributed by atoms with E-state index in [1.165, 1.54) is 38.5 Å². The Kier molecular flexibility index (Phi) is 13.5. The molecule has 8 nitrogen and oxygen atoms in total. The number of hydrogen-bond acceptors (Lipinski definition) is 10. The van der Waals surface area contributed by atoms with Gasteiger partial charge in [0.1, 0.15) is 30.8 Å². The number of nitriles is 1. The number of carbonyl (C=O) groups is 1. The smallest absolute Gasteiger partial charge is 0.337 e. The van der Waals surface area contributed by atoms with Gasteiger partial charge < -0.3 is 29.0 Å². The van der Waals surface area contributed by atoms with Crippen LogP contribution < -0.4 is 23.8 Å². The number of ether oxygens (including phenoxy) is 4. The van der Waals surface area contributed by atoms with Crippen LogP contribution in [0.25, 0.3) is 40.0 Å². The minimum atomic E-state index is -1.11. The van der Waals surface area contributed by atoms with Gasteiger partial charge in [-0.3, -0.25) is 0 Å². The van der Waals surface area contributed by atoms with Crippen molar-refractivity contribution in [2.75, 3.05) is 31.3 Å². The number of carboxylic acid groups (broad SMARTS) is 1. The molecule has 0 aliphatic carbocycles. The molecule has 4 heterocycles. The zero-order valence-electron chi connectivity index (χ0n) is 34.4. The molecule has 0 spiro atoms. The van der Waals surface area contributed by atoms with Crippen molar-refractivity contribution in [2.45, 2.75) is 65.2 Å². The van der Waals surface area contributed by atoms with Gasteiger partial charge in [0.15, 0.2) is 11.5 Å². The predicted octanol–water partition coefficient (Wildman–Crippen LogP) is 14.8. The summed E-state index contributed by atoms with van der Waals surface area (Å²) in [5, 5.41) is 19.0. The maximum Gasteiger partial charge on any atom is 0.337 e. The third kappa shape index (κ3) is 9.57. The van der Waals surface area contributed by atoms with Gasteiger partial charge in [-0.15, -0.1) is 34.0 Å². The summed E-state index contributed by atoms with van der Waals surface area (Å²) in [6.45, 7) is 6.83. The summed E-state index contributed by atoms with van der Waals surface area (Å²) < 4.78 is 27.0. The highest BCUT2D eigenvalue weighted by Gasteiger charge is 2.28. The molecule has 0 bridgehead atoms. The average molecular weight is 869 g/mol. The fourth-order valence-corrected chi connectivity index (χ4v) is 11.1. The van der Waals surface area contributed by atoms with E-state index in [9.17, 15) is 15.2 Å². The summed E-state index contributed by atoms with van der Waals surface area (Å²) in [4.78, 5) is 18.1. The minimum absolute atomic E-state index is 0.00759. The molecule has 1 aliphatic heterocycles. The van der Waals surface area contributed by atoms with Crippen molar-refractivity contribution in [3.63, 3.8) is 0 Å². The highest BCUT2D eigenvalue weighted by atomic mass is 32.1. The molecule has 312 valence electrons. The number of anilines is 3. The lowest BCUT2D eigenvalue weighted by molar-refractivity contribution is 0.0696. The SMILES string of the molecule is CCCCCCOc1ccc(N(c2ccc(OCCCCCC)cc2)c2ccc(-c3sc(-c4cc5sc(-c6ccc(C#N)c(C(=O)O)c6)cc5s4)c4c3OCCO4)cc2)cc1. The molecule has 61 heavy (non-hydrogen) atoms. The highest BCUT2D eigenvalue weighted by Crippen LogP contribution is 2.56. The van der Waals surface area contributed by atoms with E-state index < -0.39 is 5.97 Å². The molecule has 0 unspecified atom stereocenters. The summed E-state index contributed by atoms with van der Waals surface area (Å²) >= 11 is 4.95. The molecular weight excluding hydrogens is 821 g/mol. The number of aromatic carboxylic acids is 1. The second-order valence-corrected chi connectivity index (χ2v) is 18.1. The molecule has 1 aliphatic rings. The lowest BCUT2D eigenvalue weighted by atomic mass is 10.0. The maximum absolute atomic E-state index is 11.8. The fourth-order valence-electron chi connectivity index (χ4n) is 7.39. The van der Waals surface area contributed by atoms with Crippen molar-refractivity contribution in [1.82, 2.24) is 0 Å². The third-order valence-corrected chi connectivity index (χ3v) is 14.3. The molecule has 0 saturated carbocycles. The number of rotatable bonds is 19. The molecule has 7 aromatic rings. The van der Waals surface area contributed by atoms with Crippen LogP contribution in [-0.4, -0.2) is 37.5 Å². The quantitative estimate of drug-likeness (QED) is 0.0802. The summed E-state index contributed by atoms with van der Waals surface area (Å²) in [6, 6.07) is 36.5. The molecule has 11 heteroatoms. The Bertz CT molecular complexity index is 2530. The van der Waals surface area contributed by atoms with Gasteiger partial charge in [0.05, 0.1) is 39.0 Å². The van der Waals surface area contributed by atoms with Crippen molar-refractivity contribution in [3.8, 4) is 59.7 Å². The molecular formula is C50H48N2O6S3. The standard InChI is InChI=1S/C50H48N2O6S3/c1-3-5-7-9-25-55-39-21-17-37(18-22-39)52(38-19-23-40(24-20-38)56-26-10-8-6-4-2)36-15-13-33(14-16-36)48-46-47(58-28-27-57-46)49(61-48)45-31-44-43(60-45)30-42(59-44)34-11-12-35(32-51)41(29-34)50(53)54/h11-24,29-31H,3-10,25-28H2,1-2H3,(H,53,54). The lowest BCUT2D eigenvalue weighted by Crippen LogP contribution is -2.14. The number of unbranched alkanes of at least 4 members (excludes halogenated alkanes) is 6. The van der Waals surface area contributed by atoms with Crippen molar-refractivity contribution >= 4 is 66.4 Å². The largest absolute Gasteiger partial charge is 0.494 e. The number of thiophene rings is 3. The first-order valence-corrected chi connectivity index (χ1v) is 23.5. The van der Waals surface area contributed by atoms with Gasteiger partial charge in [-0.1, -0.05) is 70.6 Å². The van der Waals surface area contributed by atoms with Crippen molar-refractivity contribution < 1.29 is 28.8 Å². The van der Waals surface area contributed by atoms with Gasteiger partial charge in [0.2, 0.25) is 0 Å². The van der Waals surface area contributed by atoms with E-state index in [-0.39, 0.29) is 11.1 Å². The van der Waals surface area contributed by atoms with Gasteiger partial charge in [0, 0.05) is 31.3 Å². The topological polar surface area (TPSA) is 101 Å². The van der Waals surface area contributed by atoms with Crippen molar-refractivity contribution in [2.24, 2.45) is 0 Å². The number of nitrogens with zero attached hydrogens (tertiary/aromatic N) is 2. The zero-order chi connectivity index (χ0) is 42.1. The van der Waals surface area contributed by atoms with E-state index in [0.717, 1.165) is 106 Å². The Balaban J connectivity index is 1.06. The second-order valence-electron chi connectivity index (χ2n) is 14.9. The van der Waals surface area contributed by atoms with Gasteiger partial charge in [-0.25, -0.2) is 4.79 Å². The van der Waals surface area contributed by atoms with E-state index in [1.54, 1.807) is 46.1 Å². The first kappa shape index (κ1) is 41.9. The monoisotopic (exact) mass is 868 g/mol. The van der Waals surface area contributed by atoms with Crippen LogP contribution in [-0.2, 0) is 0 Å². The van der Waals surface area contributed by atoms with Gasteiger partial charge in [0.25, 0.3) is 0 Å². The van der Waals surface area contributed by atoms with Crippen LogP contribution in [0.3, 0.4) is 0 Å². The normalized spacial score (nSPS) is 12.0. The summed E-state index contributed by atoms with van der Waals surface area (Å²) in [5.74, 6) is 2.16. The van der Waals surface area contributed by atoms with E-state index in [2.05, 4.69) is 104 Å². The molecule has 0 radical (unpaired) electrons. The number of hydrogen-bond donors (Lipinski definition) is 1. The maximum atomic E-state index is 11.8. The second kappa shape index (κ2) is 19.7. The molecule has 0 amide bonds. The molecule has 4 aromatic carbocycles. The molecule has 0 atom stereocenters. The summed E-state index contributed by atoms with van der Waals surface area (Å²) in [5.41, 5.74) is 5.03. The van der Waals surface area contributed by atoms with E-state index >= 15 is 0 Å². The average Bonchev–Trinajstić information content (AvgIpc) is 4.00. The third-order valence-electron chi connectivity index (χ3n) is 10.6. The van der Waals surface area contributed by atoms with Gasteiger partial charge in [-0.05, 0) is 109 Å². The molecule has 0 saturated heterocycles. The van der Waals surface area contributed by atoms with Crippen LogP contribution >= 0.6 is 34.0 Å². The Hall–Kier alpha value is -5.80. The summed E-state index contributed by atoms with van der Waals surface area (Å²) in [7, 11) is 0. The fraction of sp³-hybridized carbons (Fsp3) is 0.280. The zero-order valence-corrected chi connectivity index (χ0v) is 36.9. The molecule has 0 fully saturated rings. The first-order valence-electron chi connectivity index (χ1n) is 21.0. The first-order chi connectivity index (χ1) is 29.9. The van der Waals surface area contributed by atoms with Crippen LogP contribution in [0.15, 0.2) is 103 Å². The molecule has 1 N–H and O–H groups in total. The van der Waals surface area contributed by atoms with Gasteiger partial charge >= 0.3 is 5.97 Å². The highest BCUT2D eigenvalue weighted by molar-refractivity contribution is 7.32. The van der Waals surface area contributed by atoms with Crippen molar-refractivity contribution in [1.29, 1.82) is 5.26 Å². The van der Waals surface area contributed by atoms with Crippen LogP contribution in [0.4, 0.5) is 17.1 Å². The summed E-state index contributed by atoms with van der Waals surface area (Å²) in [6.07, 6.45) is 9.34. The number of carboxylic acids is 1. The Morgan fingerprint density at radius 3 is 1.69 bits per heavy atom. The Morgan fingerprint density at radius 2 is 1.15 bits per heavy atom. The predicted molar refractivity (Wildman–Crippen MR) is 251 cm³/mol. The molecule has 8 rings (SSSR count). The van der Waals surface area contributed by atoms with Crippen LogP contribution in [0, 0.1) is 11.3 Å². The Labute approximate surface area is 369 Å². The van der Waals surface area contributed by atoms with E-state index in [4.69, 9.17) is 18.9 Å². The van der Waals surface area contributed by atoms with E-state index in [1.807, 2.05) is 12.1 Å². The lowest BCUT2D eigenvalue weighted by Gasteiger charge is -2.26. The Morgan fingerprint density at radius 1 is 0.639 bits per heavy atom. The van der Waals surface area contributed by atoms with Crippen LogP contribution in [0.5, 0.6) is 23.0 Å². The van der Waals surface area contributed by atoms with E-state index in [0.29, 0.717) is 13.2 Å². The van der Waals surface area contributed by atoms with Crippen LogP contribution in [0.1, 0.15) is 81.1 Å². The van der Waals surface area contributed by atoms with Gasteiger partial charge in [-0.2, -0.15) is 5.26 Å².